The summed E-state index contributed by atoms with van der Waals surface area (Å²) in [5.74, 6) is -0.575. The Morgan fingerprint density at radius 1 is 0.800 bits per heavy atom. The van der Waals surface area contributed by atoms with Gasteiger partial charge in [-0.05, 0) is 18.6 Å². The van der Waals surface area contributed by atoms with E-state index in [1.54, 1.807) is 29.3 Å². The van der Waals surface area contributed by atoms with Crippen LogP contribution in [-0.4, -0.2) is 71.6 Å². The number of pyridine rings is 1. The second-order valence-corrected chi connectivity index (χ2v) is 12.7. The lowest BCUT2D eigenvalue weighted by molar-refractivity contribution is -0.148. The molecule has 2 rings (SSSR count). The number of unbranched alkanes of at least 4 members (excludes halogenated alkanes) is 15. The van der Waals surface area contributed by atoms with E-state index >= 15 is 0 Å². The molecule has 0 atom stereocenters. The lowest BCUT2D eigenvalue weighted by Gasteiger charge is -2.48. The first-order chi connectivity index (χ1) is 21.8. The number of aromatic nitrogens is 1. The Labute approximate surface area is 271 Å². The number of nitrogens with zero attached hydrogens (tertiary/aromatic N) is 3. The third-order valence-corrected chi connectivity index (χ3v) is 8.46. The van der Waals surface area contributed by atoms with Gasteiger partial charge in [0.2, 0.25) is 11.8 Å². The predicted molar refractivity (Wildman–Crippen MR) is 175 cm³/mol. The maximum Gasteiger partial charge on any atom is 0.416 e. The van der Waals surface area contributed by atoms with E-state index in [1.165, 1.54) is 104 Å². The number of amides is 4. The average Bonchev–Trinajstić information content (AvgIpc) is 3.00. The van der Waals surface area contributed by atoms with Gasteiger partial charge in [-0.2, -0.15) is 0 Å². The molecule has 1 aromatic heterocycles. The summed E-state index contributed by atoms with van der Waals surface area (Å²) in [6, 6.07) is 5.24. The van der Waals surface area contributed by atoms with Gasteiger partial charge in [-0.3, -0.25) is 14.6 Å². The van der Waals surface area contributed by atoms with Crippen molar-refractivity contribution >= 4 is 24.0 Å². The van der Waals surface area contributed by atoms with Crippen molar-refractivity contribution in [3.8, 4) is 0 Å². The molecule has 0 spiro atoms. The van der Waals surface area contributed by atoms with E-state index in [0.717, 1.165) is 17.7 Å². The Balaban J connectivity index is 1.57. The second kappa shape index (κ2) is 22.4. The van der Waals surface area contributed by atoms with Gasteiger partial charge in [0, 0.05) is 39.7 Å². The summed E-state index contributed by atoms with van der Waals surface area (Å²) in [7, 11) is 0. The number of carbonyl (C=O) groups excluding carboxylic acids is 4. The predicted octanol–water partition coefficient (Wildman–Crippen LogP) is 7.40. The van der Waals surface area contributed by atoms with Gasteiger partial charge in [-0.1, -0.05) is 109 Å². The molecule has 0 saturated carbocycles. The molecule has 0 radical (unpaired) electrons. The highest BCUT2D eigenvalue weighted by Gasteiger charge is 2.47. The van der Waals surface area contributed by atoms with Crippen LogP contribution in [0.1, 0.15) is 129 Å². The summed E-state index contributed by atoms with van der Waals surface area (Å²) in [5.41, 5.74) is -0.171. The SMILES string of the molecule is CCCCCCCCCCCCCCCCCCNC(=O)OCC1(COC(=O)N(Cc2ccccn2)C(C)=O)CN(C(C)=O)C1. The van der Waals surface area contributed by atoms with E-state index in [4.69, 9.17) is 9.47 Å². The Morgan fingerprint density at radius 3 is 1.82 bits per heavy atom. The van der Waals surface area contributed by atoms with Crippen molar-refractivity contribution in [3.05, 3.63) is 30.1 Å². The van der Waals surface area contributed by atoms with Crippen molar-refractivity contribution in [2.24, 2.45) is 5.41 Å². The number of carbonyl (C=O) groups is 4. The number of hydrogen-bond donors (Lipinski definition) is 1. The fourth-order valence-corrected chi connectivity index (χ4v) is 5.59. The van der Waals surface area contributed by atoms with Crippen LogP contribution in [0, 0.1) is 5.41 Å². The Morgan fingerprint density at radius 2 is 1.33 bits per heavy atom. The zero-order valence-electron chi connectivity index (χ0n) is 28.2. The molecule has 0 aromatic carbocycles. The monoisotopic (exact) mass is 630 g/mol. The van der Waals surface area contributed by atoms with Gasteiger partial charge in [0.25, 0.3) is 0 Å². The van der Waals surface area contributed by atoms with Crippen LogP contribution >= 0.6 is 0 Å². The maximum absolute atomic E-state index is 12.8. The summed E-state index contributed by atoms with van der Waals surface area (Å²) in [5, 5.41) is 2.80. The van der Waals surface area contributed by atoms with E-state index in [9.17, 15) is 19.2 Å². The molecule has 0 unspecified atom stereocenters. The molecule has 1 N–H and O–H groups in total. The zero-order chi connectivity index (χ0) is 32.8. The molecule has 2 heterocycles. The molecule has 45 heavy (non-hydrogen) atoms. The lowest BCUT2D eigenvalue weighted by Crippen LogP contribution is -2.62. The number of hydrogen-bond acceptors (Lipinski definition) is 7. The highest BCUT2D eigenvalue weighted by molar-refractivity contribution is 5.90. The van der Waals surface area contributed by atoms with E-state index < -0.39 is 23.5 Å². The van der Waals surface area contributed by atoms with Gasteiger partial charge in [0.1, 0.15) is 13.2 Å². The third kappa shape index (κ3) is 16.1. The molecule has 1 aliphatic heterocycles. The Hall–Kier alpha value is -3.17. The molecule has 4 amide bonds. The van der Waals surface area contributed by atoms with Gasteiger partial charge in [0.05, 0.1) is 17.7 Å². The number of alkyl carbamates (subject to hydrolysis) is 1. The van der Waals surface area contributed by atoms with Gasteiger partial charge in [-0.25, -0.2) is 14.5 Å². The molecule has 1 fully saturated rings. The largest absolute Gasteiger partial charge is 0.449 e. The molecule has 1 saturated heterocycles. The highest BCUT2D eigenvalue weighted by atomic mass is 16.6. The maximum atomic E-state index is 12.8. The fraction of sp³-hybridized carbons (Fsp3) is 0.743. The zero-order valence-corrected chi connectivity index (χ0v) is 28.2. The minimum absolute atomic E-state index is 0.00480. The third-order valence-electron chi connectivity index (χ3n) is 8.46. The number of likely N-dealkylation sites (tertiary alicyclic amines) is 1. The van der Waals surface area contributed by atoms with Crippen LogP contribution in [0.3, 0.4) is 0 Å². The normalized spacial score (nSPS) is 13.5. The molecule has 254 valence electrons. The number of nitrogens with one attached hydrogen (secondary N) is 1. The number of rotatable bonds is 23. The van der Waals surface area contributed by atoms with Crippen LogP contribution in [0.5, 0.6) is 0 Å². The summed E-state index contributed by atoms with van der Waals surface area (Å²) >= 11 is 0. The summed E-state index contributed by atoms with van der Waals surface area (Å²) < 4.78 is 11.0. The summed E-state index contributed by atoms with van der Waals surface area (Å²) in [4.78, 5) is 55.8. The minimum Gasteiger partial charge on any atom is -0.449 e. The van der Waals surface area contributed by atoms with Crippen molar-refractivity contribution in [3.63, 3.8) is 0 Å². The molecule has 1 aliphatic rings. The van der Waals surface area contributed by atoms with Gasteiger partial charge < -0.3 is 19.7 Å². The van der Waals surface area contributed by atoms with E-state index in [-0.39, 0.29) is 25.7 Å². The first kappa shape index (κ1) is 38.0. The first-order valence-corrected chi connectivity index (χ1v) is 17.3. The Bertz CT molecular complexity index is 999. The van der Waals surface area contributed by atoms with E-state index in [1.807, 2.05) is 0 Å². The van der Waals surface area contributed by atoms with E-state index in [0.29, 0.717) is 25.3 Å². The van der Waals surface area contributed by atoms with Gasteiger partial charge >= 0.3 is 12.2 Å². The van der Waals surface area contributed by atoms with Crippen molar-refractivity contribution in [2.75, 3.05) is 32.8 Å². The molecular weight excluding hydrogens is 572 g/mol. The molecule has 1 aromatic rings. The standard InChI is InChI=1S/C35H58N4O6/c1-4-5-6-7-8-9-10-11-12-13-14-15-16-17-18-20-24-37-33(42)44-28-35(26-38(27-35)30(2)40)29-45-34(43)39(31(3)41)25-32-22-19-21-23-36-32/h19,21-23H,4-18,20,24-29H2,1-3H3,(H,37,42). The second-order valence-electron chi connectivity index (χ2n) is 12.7. The Kier molecular flexibility index (Phi) is 18.9. The van der Waals surface area contributed by atoms with Gasteiger partial charge in [-0.15, -0.1) is 0 Å². The minimum atomic E-state index is -0.804. The van der Waals surface area contributed by atoms with Gasteiger partial charge in [0.15, 0.2) is 0 Å². The van der Waals surface area contributed by atoms with Crippen LogP contribution in [0.15, 0.2) is 24.4 Å². The highest BCUT2D eigenvalue weighted by Crippen LogP contribution is 2.32. The topological polar surface area (TPSA) is 118 Å². The van der Waals surface area contributed by atoms with Crippen molar-refractivity contribution in [1.82, 2.24) is 20.1 Å². The molecule has 0 aliphatic carbocycles. The first-order valence-electron chi connectivity index (χ1n) is 17.3. The molecule has 10 heteroatoms. The van der Waals surface area contributed by atoms with Crippen LogP contribution in [0.2, 0.25) is 0 Å². The van der Waals surface area contributed by atoms with Crippen molar-refractivity contribution in [2.45, 2.75) is 130 Å². The van der Waals surface area contributed by atoms with Crippen molar-refractivity contribution < 1.29 is 28.7 Å². The summed E-state index contributed by atoms with van der Waals surface area (Å²) in [6.07, 6.45) is 21.0. The quantitative estimate of drug-likeness (QED) is 0.125. The van der Waals surface area contributed by atoms with Crippen LogP contribution < -0.4 is 5.32 Å². The number of ether oxygens (including phenoxy) is 2. The fourth-order valence-electron chi connectivity index (χ4n) is 5.59. The van der Waals surface area contributed by atoms with E-state index in [2.05, 4.69) is 17.2 Å². The molecular formula is C35H58N4O6. The smallest absolute Gasteiger partial charge is 0.416 e. The molecule has 0 bridgehead atoms. The molecule has 10 nitrogen and oxygen atoms in total. The van der Waals surface area contributed by atoms with Crippen LogP contribution in [0.25, 0.3) is 0 Å². The number of imide groups is 1. The lowest BCUT2D eigenvalue weighted by atomic mass is 9.81. The van der Waals surface area contributed by atoms with Crippen molar-refractivity contribution in [1.29, 1.82) is 0 Å². The van der Waals surface area contributed by atoms with Crippen LogP contribution in [-0.2, 0) is 25.6 Å². The van der Waals surface area contributed by atoms with Crippen LogP contribution in [0.4, 0.5) is 9.59 Å². The average molecular weight is 631 g/mol. The summed E-state index contributed by atoms with van der Waals surface area (Å²) in [6.45, 7) is 6.04.